The van der Waals surface area contributed by atoms with Gasteiger partial charge in [-0.3, -0.25) is 0 Å². The van der Waals surface area contributed by atoms with Gasteiger partial charge in [0, 0.05) is 12.0 Å². The normalized spacial score (nSPS) is 32.3. The van der Waals surface area contributed by atoms with Gasteiger partial charge in [0.2, 0.25) is 0 Å². The fourth-order valence-corrected chi connectivity index (χ4v) is 3.62. The number of benzene rings is 1. The molecule has 0 amide bonds. The van der Waals surface area contributed by atoms with Gasteiger partial charge in [-0.25, -0.2) is 4.39 Å². The average Bonchev–Trinajstić information content (AvgIpc) is 2.51. The molecule has 1 heterocycles. The molecule has 0 aromatic heterocycles. The van der Waals surface area contributed by atoms with Crippen molar-refractivity contribution in [2.24, 2.45) is 5.41 Å². The van der Waals surface area contributed by atoms with E-state index in [0.29, 0.717) is 23.1 Å². The molecule has 20 heavy (non-hydrogen) atoms. The maximum Gasteiger partial charge on any atom is 0.126 e. The highest BCUT2D eigenvalue weighted by molar-refractivity contribution is 5.38. The Labute approximate surface area is 120 Å². The van der Waals surface area contributed by atoms with E-state index in [1.54, 1.807) is 6.07 Å². The van der Waals surface area contributed by atoms with Crippen LogP contribution in [0.15, 0.2) is 18.2 Å². The summed E-state index contributed by atoms with van der Waals surface area (Å²) in [6.45, 7) is 4.60. The van der Waals surface area contributed by atoms with E-state index in [0.717, 1.165) is 25.7 Å². The van der Waals surface area contributed by atoms with Crippen LogP contribution in [0.2, 0.25) is 0 Å². The van der Waals surface area contributed by atoms with Gasteiger partial charge in [0.15, 0.2) is 0 Å². The number of fused-ring (bicyclic) bond motifs is 1. The Kier molecular flexibility index (Phi) is 3.28. The minimum Gasteiger partial charge on any atom is -0.487 e. The van der Waals surface area contributed by atoms with Gasteiger partial charge in [-0.15, -0.1) is 0 Å². The smallest absolute Gasteiger partial charge is 0.126 e. The molecule has 1 aliphatic heterocycles. The molecule has 2 aliphatic rings. The summed E-state index contributed by atoms with van der Waals surface area (Å²) in [7, 11) is 0. The first kappa shape index (κ1) is 13.9. The predicted octanol–water partition coefficient (Wildman–Crippen LogP) is 4.37. The number of hydrogen-bond acceptors (Lipinski definition) is 2. The number of hydrogen-bond donors (Lipinski definition) is 1. The van der Waals surface area contributed by atoms with Crippen LogP contribution in [0.5, 0.6) is 5.75 Å². The SMILES string of the molecule is CC1(C)CCCC2(CC1)C[C@@H](O)c1cc(F)ccc1O2. The lowest BCUT2D eigenvalue weighted by Crippen LogP contribution is -2.41. The highest BCUT2D eigenvalue weighted by Gasteiger charge is 2.43. The van der Waals surface area contributed by atoms with E-state index in [1.165, 1.54) is 18.6 Å². The van der Waals surface area contributed by atoms with Crippen LogP contribution in [-0.2, 0) is 0 Å². The summed E-state index contributed by atoms with van der Waals surface area (Å²) in [5.41, 5.74) is 0.679. The molecule has 1 fully saturated rings. The molecule has 0 saturated heterocycles. The summed E-state index contributed by atoms with van der Waals surface area (Å²) in [6.07, 6.45) is 5.34. The molecule has 1 aromatic rings. The van der Waals surface area contributed by atoms with Crippen molar-refractivity contribution in [3.05, 3.63) is 29.6 Å². The Balaban J connectivity index is 1.88. The van der Waals surface area contributed by atoms with Gasteiger partial charge in [-0.05, 0) is 55.7 Å². The van der Waals surface area contributed by atoms with Crippen LogP contribution in [0.1, 0.15) is 64.0 Å². The topological polar surface area (TPSA) is 29.5 Å². The summed E-state index contributed by atoms with van der Waals surface area (Å²) < 4.78 is 19.5. The Hall–Kier alpha value is -1.09. The fourth-order valence-electron chi connectivity index (χ4n) is 3.62. The maximum absolute atomic E-state index is 13.3. The van der Waals surface area contributed by atoms with Gasteiger partial charge in [-0.1, -0.05) is 13.8 Å². The molecule has 3 heteroatoms. The monoisotopic (exact) mass is 278 g/mol. The molecular weight excluding hydrogens is 255 g/mol. The molecule has 3 rings (SSSR count). The predicted molar refractivity (Wildman–Crippen MR) is 76.2 cm³/mol. The van der Waals surface area contributed by atoms with E-state index < -0.39 is 6.10 Å². The average molecular weight is 278 g/mol. The molecule has 1 unspecified atom stereocenters. The zero-order chi connectivity index (χ0) is 14.4. The summed E-state index contributed by atoms with van der Waals surface area (Å²) in [5, 5.41) is 10.4. The minimum absolute atomic E-state index is 0.266. The van der Waals surface area contributed by atoms with E-state index in [9.17, 15) is 9.50 Å². The van der Waals surface area contributed by atoms with Crippen LogP contribution in [0, 0.1) is 11.2 Å². The van der Waals surface area contributed by atoms with Crippen LogP contribution < -0.4 is 4.74 Å². The second kappa shape index (κ2) is 4.73. The molecule has 0 radical (unpaired) electrons. The standard InChI is InChI=1S/C17H23FO2/c1-16(2)6-3-7-17(9-8-16)11-14(19)13-10-12(18)4-5-15(13)20-17/h4-5,10,14,19H,3,6-9,11H2,1-2H3/t14-,17?/m1/s1. The van der Waals surface area contributed by atoms with Crippen molar-refractivity contribution in [1.29, 1.82) is 0 Å². The Morgan fingerprint density at radius 2 is 2.00 bits per heavy atom. The molecule has 2 nitrogen and oxygen atoms in total. The molecule has 2 atom stereocenters. The molecular formula is C17H23FO2. The largest absolute Gasteiger partial charge is 0.487 e. The number of rotatable bonds is 0. The molecule has 0 bridgehead atoms. The van der Waals surface area contributed by atoms with Crippen LogP contribution in [0.4, 0.5) is 4.39 Å². The lowest BCUT2D eigenvalue weighted by molar-refractivity contribution is -0.0262. The van der Waals surface area contributed by atoms with Crippen molar-refractivity contribution >= 4 is 0 Å². The molecule has 110 valence electrons. The van der Waals surface area contributed by atoms with Gasteiger partial charge < -0.3 is 9.84 Å². The zero-order valence-electron chi connectivity index (χ0n) is 12.3. The molecule has 1 aliphatic carbocycles. The van der Waals surface area contributed by atoms with Crippen LogP contribution >= 0.6 is 0 Å². The fraction of sp³-hybridized carbons (Fsp3) is 0.647. The van der Waals surface area contributed by atoms with Gasteiger partial charge in [0.1, 0.15) is 17.2 Å². The third-order valence-electron chi connectivity index (χ3n) is 4.97. The first-order chi connectivity index (χ1) is 9.39. The lowest BCUT2D eigenvalue weighted by Gasteiger charge is -2.40. The van der Waals surface area contributed by atoms with Crippen LogP contribution in [-0.4, -0.2) is 10.7 Å². The van der Waals surface area contributed by atoms with Crippen LogP contribution in [0.25, 0.3) is 0 Å². The Morgan fingerprint density at radius 3 is 2.80 bits per heavy atom. The van der Waals surface area contributed by atoms with E-state index in [-0.39, 0.29) is 11.4 Å². The number of aliphatic hydroxyl groups is 1. The number of aliphatic hydroxyl groups excluding tert-OH is 1. The van der Waals surface area contributed by atoms with E-state index in [4.69, 9.17) is 4.74 Å². The van der Waals surface area contributed by atoms with E-state index in [2.05, 4.69) is 13.8 Å². The molecule has 1 N–H and O–H groups in total. The first-order valence-corrected chi connectivity index (χ1v) is 7.56. The van der Waals surface area contributed by atoms with E-state index >= 15 is 0 Å². The third-order valence-corrected chi connectivity index (χ3v) is 4.97. The van der Waals surface area contributed by atoms with Crippen molar-refractivity contribution in [3.63, 3.8) is 0 Å². The highest BCUT2D eigenvalue weighted by atomic mass is 19.1. The Morgan fingerprint density at radius 1 is 1.20 bits per heavy atom. The summed E-state index contributed by atoms with van der Waals surface area (Å²) in [6, 6.07) is 4.46. The van der Waals surface area contributed by atoms with Crippen molar-refractivity contribution in [1.82, 2.24) is 0 Å². The van der Waals surface area contributed by atoms with Gasteiger partial charge in [0.25, 0.3) is 0 Å². The Bertz CT molecular complexity index is 512. The third kappa shape index (κ3) is 2.56. The first-order valence-electron chi connectivity index (χ1n) is 7.56. The van der Waals surface area contributed by atoms with Crippen molar-refractivity contribution in [3.8, 4) is 5.75 Å². The van der Waals surface area contributed by atoms with Gasteiger partial charge in [-0.2, -0.15) is 0 Å². The van der Waals surface area contributed by atoms with Crippen molar-refractivity contribution in [2.75, 3.05) is 0 Å². The summed E-state index contributed by atoms with van der Waals surface area (Å²) in [5.74, 6) is 0.342. The molecule has 1 aromatic carbocycles. The maximum atomic E-state index is 13.3. The van der Waals surface area contributed by atoms with Crippen molar-refractivity contribution in [2.45, 2.75) is 64.1 Å². The molecule has 1 spiro atoms. The quantitative estimate of drug-likeness (QED) is 0.763. The lowest BCUT2D eigenvalue weighted by atomic mass is 9.81. The minimum atomic E-state index is -0.615. The van der Waals surface area contributed by atoms with Crippen LogP contribution in [0.3, 0.4) is 0 Å². The molecule has 1 saturated carbocycles. The summed E-state index contributed by atoms with van der Waals surface area (Å²) in [4.78, 5) is 0. The van der Waals surface area contributed by atoms with E-state index in [1.807, 2.05) is 0 Å². The number of ether oxygens (including phenoxy) is 1. The second-order valence-electron chi connectivity index (χ2n) is 7.20. The van der Waals surface area contributed by atoms with Crippen molar-refractivity contribution < 1.29 is 14.2 Å². The van der Waals surface area contributed by atoms with Gasteiger partial charge >= 0.3 is 0 Å². The zero-order valence-corrected chi connectivity index (χ0v) is 12.3. The number of halogens is 1. The summed E-state index contributed by atoms with van der Waals surface area (Å²) >= 11 is 0. The second-order valence-corrected chi connectivity index (χ2v) is 7.20. The highest BCUT2D eigenvalue weighted by Crippen LogP contribution is 2.48. The van der Waals surface area contributed by atoms with Gasteiger partial charge in [0.05, 0.1) is 6.10 Å².